The predicted octanol–water partition coefficient (Wildman–Crippen LogP) is 1.94. The van der Waals surface area contributed by atoms with Crippen molar-refractivity contribution < 1.29 is 0 Å². The highest BCUT2D eigenvalue weighted by molar-refractivity contribution is 7.80. The number of aryl methyl sites for hydroxylation is 1. The van der Waals surface area contributed by atoms with E-state index in [1.807, 2.05) is 28.9 Å². The van der Waals surface area contributed by atoms with Gasteiger partial charge in [0.1, 0.15) is 0 Å². The summed E-state index contributed by atoms with van der Waals surface area (Å²) in [6.07, 6.45) is 3.11. The highest BCUT2D eigenvalue weighted by Crippen LogP contribution is 2.01. The van der Waals surface area contributed by atoms with Crippen LogP contribution in [0.2, 0.25) is 0 Å². The molecule has 1 aromatic heterocycles. The molecular weight excluding hydrogens is 282 g/mol. The monoisotopic (exact) mass is 311 g/mol. The van der Waals surface area contributed by atoms with Gasteiger partial charge in [0.25, 0.3) is 0 Å². The molecule has 1 rings (SSSR count). The van der Waals surface area contributed by atoms with Crippen molar-refractivity contribution in [2.75, 3.05) is 33.2 Å². The topological polar surface area (TPSA) is 36.3 Å². The second-order valence-corrected chi connectivity index (χ2v) is 5.52. The first kappa shape index (κ1) is 17.9. The summed E-state index contributed by atoms with van der Waals surface area (Å²) in [4.78, 5) is 4.46. The molecule has 0 spiro atoms. The first-order valence-electron chi connectivity index (χ1n) is 7.84. The maximum absolute atomic E-state index is 5.41. The van der Waals surface area contributed by atoms with Gasteiger partial charge in [-0.1, -0.05) is 13.8 Å². The average molecular weight is 311 g/mol. The van der Waals surface area contributed by atoms with Crippen LogP contribution in [0.3, 0.4) is 0 Å². The number of nitrogens with one attached hydrogen (secondary N) is 1. The Balaban J connectivity index is 2.24. The predicted molar refractivity (Wildman–Crippen MR) is 92.4 cm³/mol. The summed E-state index contributed by atoms with van der Waals surface area (Å²) in [6, 6.07) is 2.04. The van der Waals surface area contributed by atoms with E-state index < -0.39 is 0 Å². The van der Waals surface area contributed by atoms with Gasteiger partial charge in [0.2, 0.25) is 0 Å². The lowest BCUT2D eigenvalue weighted by Gasteiger charge is -2.21. The maximum Gasteiger partial charge on any atom is 0.169 e. The lowest BCUT2D eigenvalue weighted by molar-refractivity contribution is 0.299. The van der Waals surface area contributed by atoms with Crippen LogP contribution < -0.4 is 5.32 Å². The number of aromatic nitrogens is 2. The fourth-order valence-corrected chi connectivity index (χ4v) is 2.32. The van der Waals surface area contributed by atoms with Crippen molar-refractivity contribution >= 4 is 17.3 Å². The minimum atomic E-state index is 0.745. The van der Waals surface area contributed by atoms with Crippen LogP contribution >= 0.6 is 12.2 Å². The summed E-state index contributed by atoms with van der Waals surface area (Å²) in [5.74, 6) is 0. The second-order valence-electron chi connectivity index (χ2n) is 5.13. The molecule has 120 valence electrons. The molecule has 0 amide bonds. The van der Waals surface area contributed by atoms with Crippen LogP contribution in [0.4, 0.5) is 0 Å². The number of nitrogens with zero attached hydrogens (tertiary/aromatic N) is 4. The van der Waals surface area contributed by atoms with E-state index in [-0.39, 0.29) is 0 Å². The van der Waals surface area contributed by atoms with Crippen molar-refractivity contribution in [1.82, 2.24) is 24.9 Å². The standard InChI is InChI=1S/C15H29N5S/c1-5-19(6-2)11-8-10-16-15(21)18(4)13-14-9-12-20(7-3)17-14/h9,12H,5-8,10-11,13H2,1-4H3,(H,16,21). The fraction of sp³-hybridized carbons (Fsp3) is 0.733. The number of rotatable bonds is 9. The van der Waals surface area contributed by atoms with Crippen molar-refractivity contribution in [3.63, 3.8) is 0 Å². The molecule has 0 aliphatic heterocycles. The van der Waals surface area contributed by atoms with Gasteiger partial charge in [-0.25, -0.2) is 0 Å². The van der Waals surface area contributed by atoms with Gasteiger partial charge in [0.05, 0.1) is 12.2 Å². The van der Waals surface area contributed by atoms with Crippen LogP contribution in [-0.2, 0) is 13.1 Å². The quantitative estimate of drug-likeness (QED) is 0.557. The van der Waals surface area contributed by atoms with Gasteiger partial charge >= 0.3 is 0 Å². The first-order chi connectivity index (χ1) is 10.1. The van der Waals surface area contributed by atoms with E-state index in [0.717, 1.165) is 56.5 Å². The van der Waals surface area contributed by atoms with E-state index >= 15 is 0 Å². The average Bonchev–Trinajstić information content (AvgIpc) is 2.94. The molecule has 0 unspecified atom stereocenters. The molecule has 0 saturated carbocycles. The molecular formula is C15H29N5S. The normalized spacial score (nSPS) is 10.9. The van der Waals surface area contributed by atoms with Crippen LogP contribution in [-0.4, -0.2) is 57.9 Å². The smallest absolute Gasteiger partial charge is 0.169 e. The summed E-state index contributed by atoms with van der Waals surface area (Å²) in [5, 5.41) is 8.59. The van der Waals surface area contributed by atoms with Crippen molar-refractivity contribution in [3.05, 3.63) is 18.0 Å². The molecule has 6 heteroatoms. The Hall–Kier alpha value is -1.14. The molecule has 0 bridgehead atoms. The van der Waals surface area contributed by atoms with Gasteiger partial charge in [0.15, 0.2) is 5.11 Å². The Labute approximate surface area is 134 Å². The van der Waals surface area contributed by atoms with Crippen molar-refractivity contribution in [2.45, 2.75) is 40.3 Å². The summed E-state index contributed by atoms with van der Waals surface area (Å²) in [7, 11) is 2.00. The SMILES string of the molecule is CCN(CC)CCCNC(=S)N(C)Cc1ccn(CC)n1. The Morgan fingerprint density at radius 1 is 1.33 bits per heavy atom. The highest BCUT2D eigenvalue weighted by atomic mass is 32.1. The highest BCUT2D eigenvalue weighted by Gasteiger charge is 2.07. The van der Waals surface area contributed by atoms with Crippen molar-refractivity contribution in [1.29, 1.82) is 0 Å². The first-order valence-corrected chi connectivity index (χ1v) is 8.25. The largest absolute Gasteiger partial charge is 0.363 e. The second kappa shape index (κ2) is 9.73. The van der Waals surface area contributed by atoms with Crippen molar-refractivity contribution in [3.8, 4) is 0 Å². The Morgan fingerprint density at radius 2 is 2.05 bits per heavy atom. The minimum absolute atomic E-state index is 0.745. The van der Waals surface area contributed by atoms with Gasteiger partial charge in [-0.05, 0) is 51.3 Å². The molecule has 0 fully saturated rings. The fourth-order valence-electron chi connectivity index (χ4n) is 2.15. The number of thiocarbonyl (C=S) groups is 1. The van der Waals surface area contributed by atoms with Gasteiger partial charge in [-0.2, -0.15) is 5.10 Å². The molecule has 1 N–H and O–H groups in total. The summed E-state index contributed by atoms with van der Waals surface area (Å²) in [5.41, 5.74) is 1.05. The molecule has 0 saturated heterocycles. The van der Waals surface area contributed by atoms with E-state index in [0.29, 0.717) is 0 Å². The molecule has 1 heterocycles. The lowest BCUT2D eigenvalue weighted by atomic mass is 10.3. The molecule has 0 aliphatic rings. The van der Waals surface area contributed by atoms with Crippen LogP contribution in [0.25, 0.3) is 0 Å². The van der Waals surface area contributed by atoms with Gasteiger partial charge in [-0.15, -0.1) is 0 Å². The van der Waals surface area contributed by atoms with Crippen molar-refractivity contribution in [2.24, 2.45) is 0 Å². The van der Waals surface area contributed by atoms with Gasteiger partial charge in [0, 0.05) is 26.3 Å². The third kappa shape index (κ3) is 6.44. The van der Waals surface area contributed by atoms with Gasteiger partial charge in [-0.3, -0.25) is 4.68 Å². The number of hydrogen-bond acceptors (Lipinski definition) is 3. The minimum Gasteiger partial charge on any atom is -0.363 e. The zero-order valence-corrected chi connectivity index (χ0v) is 14.6. The van der Waals surface area contributed by atoms with E-state index in [2.05, 4.69) is 36.1 Å². The van der Waals surface area contributed by atoms with E-state index in [4.69, 9.17) is 12.2 Å². The van der Waals surface area contributed by atoms with E-state index in [1.54, 1.807) is 0 Å². The molecule has 0 radical (unpaired) electrons. The third-order valence-corrected chi connectivity index (χ3v) is 4.04. The molecule has 0 atom stereocenters. The zero-order valence-electron chi connectivity index (χ0n) is 13.8. The Morgan fingerprint density at radius 3 is 2.62 bits per heavy atom. The van der Waals surface area contributed by atoms with Crippen LogP contribution in [0.1, 0.15) is 32.9 Å². The number of hydrogen-bond donors (Lipinski definition) is 1. The zero-order chi connectivity index (χ0) is 15.7. The van der Waals surface area contributed by atoms with Crippen LogP contribution in [0.5, 0.6) is 0 Å². The van der Waals surface area contributed by atoms with Crippen LogP contribution in [0, 0.1) is 0 Å². The molecule has 0 aromatic carbocycles. The summed E-state index contributed by atoms with van der Waals surface area (Å²) >= 11 is 5.41. The van der Waals surface area contributed by atoms with Crippen LogP contribution in [0.15, 0.2) is 12.3 Å². The molecule has 5 nitrogen and oxygen atoms in total. The Kier molecular flexibility index (Phi) is 8.30. The van der Waals surface area contributed by atoms with E-state index in [9.17, 15) is 0 Å². The van der Waals surface area contributed by atoms with Gasteiger partial charge < -0.3 is 15.1 Å². The molecule has 0 aliphatic carbocycles. The Bertz CT molecular complexity index is 414. The molecule has 21 heavy (non-hydrogen) atoms. The lowest BCUT2D eigenvalue weighted by Crippen LogP contribution is -2.38. The summed E-state index contributed by atoms with van der Waals surface area (Å²) in [6.45, 7) is 12.4. The maximum atomic E-state index is 5.41. The summed E-state index contributed by atoms with van der Waals surface area (Å²) < 4.78 is 1.93. The molecule has 1 aromatic rings. The van der Waals surface area contributed by atoms with E-state index in [1.165, 1.54) is 0 Å². The third-order valence-electron chi connectivity index (χ3n) is 3.59.